The van der Waals surface area contributed by atoms with Crippen LogP contribution >= 0.6 is 0 Å². The van der Waals surface area contributed by atoms with Crippen LogP contribution in [0.15, 0.2) is 0 Å². The van der Waals surface area contributed by atoms with Crippen molar-refractivity contribution in [3.8, 4) is 0 Å². The number of carbonyl (C=O) groups is 1. The summed E-state index contributed by atoms with van der Waals surface area (Å²) in [6.07, 6.45) is 7.25. The van der Waals surface area contributed by atoms with Crippen LogP contribution in [0, 0.1) is 0 Å². The Hall–Kier alpha value is -0.610. The molecule has 2 aliphatic rings. The number of nitrogens with zero attached hydrogens (tertiary/aromatic N) is 1. The van der Waals surface area contributed by atoms with E-state index in [4.69, 9.17) is 0 Å². The Balaban J connectivity index is 1.66. The first-order valence-electron chi connectivity index (χ1n) is 7.42. The van der Waals surface area contributed by atoms with Gasteiger partial charge in [-0.05, 0) is 52.1 Å². The van der Waals surface area contributed by atoms with Crippen LogP contribution in [-0.2, 0) is 4.79 Å². The molecule has 0 aromatic heterocycles. The molecule has 18 heavy (non-hydrogen) atoms. The van der Waals surface area contributed by atoms with Gasteiger partial charge in [-0.1, -0.05) is 6.92 Å². The van der Waals surface area contributed by atoms with Gasteiger partial charge in [-0.25, -0.2) is 0 Å². The summed E-state index contributed by atoms with van der Waals surface area (Å²) in [5.41, 5.74) is 0. The van der Waals surface area contributed by atoms with E-state index in [9.17, 15) is 4.79 Å². The van der Waals surface area contributed by atoms with Crippen LogP contribution in [0.2, 0.25) is 0 Å². The van der Waals surface area contributed by atoms with E-state index in [2.05, 4.69) is 29.5 Å². The Morgan fingerprint density at radius 1 is 1.11 bits per heavy atom. The minimum atomic E-state index is 0.203. The van der Waals surface area contributed by atoms with Crippen LogP contribution in [0.3, 0.4) is 0 Å². The van der Waals surface area contributed by atoms with Crippen molar-refractivity contribution in [2.24, 2.45) is 0 Å². The molecule has 104 valence electrons. The average Bonchev–Trinajstić information content (AvgIpc) is 3.14. The zero-order valence-corrected chi connectivity index (χ0v) is 11.7. The molecule has 2 N–H and O–H groups in total. The number of amides is 1. The van der Waals surface area contributed by atoms with Gasteiger partial charge in [-0.2, -0.15) is 0 Å². The largest absolute Gasteiger partial charge is 0.352 e. The monoisotopic (exact) mass is 253 g/mol. The van der Waals surface area contributed by atoms with Crippen LogP contribution in [0.1, 0.15) is 45.4 Å². The maximum Gasteiger partial charge on any atom is 0.234 e. The number of nitrogens with one attached hydrogen (secondary N) is 2. The summed E-state index contributed by atoms with van der Waals surface area (Å²) in [7, 11) is 2.09. The molecule has 0 atom stereocenters. The summed E-state index contributed by atoms with van der Waals surface area (Å²) in [4.78, 5) is 14.0. The third kappa shape index (κ3) is 4.25. The van der Waals surface area contributed by atoms with Crippen molar-refractivity contribution < 1.29 is 4.79 Å². The molecule has 0 saturated heterocycles. The highest BCUT2D eigenvalue weighted by Gasteiger charge is 2.27. The lowest BCUT2D eigenvalue weighted by atomic mass is 9.90. The van der Waals surface area contributed by atoms with Crippen molar-refractivity contribution in [3.63, 3.8) is 0 Å². The van der Waals surface area contributed by atoms with Crippen molar-refractivity contribution in [2.45, 2.75) is 63.6 Å². The number of rotatable bonds is 6. The van der Waals surface area contributed by atoms with E-state index in [1.807, 2.05) is 0 Å². The lowest BCUT2D eigenvalue weighted by Gasteiger charge is -2.34. The standard InChI is InChI=1S/C14H27N3O/c1-3-15-11-6-8-13(9-7-11)17(2)10-14(18)16-12-4-5-12/h11-13,15H,3-10H2,1-2H3,(H,16,18). The van der Waals surface area contributed by atoms with Gasteiger partial charge in [-0.3, -0.25) is 9.69 Å². The Labute approximate surface area is 110 Å². The van der Waals surface area contributed by atoms with Crippen molar-refractivity contribution in [1.82, 2.24) is 15.5 Å². The summed E-state index contributed by atoms with van der Waals surface area (Å²) in [5, 5.41) is 6.58. The third-order valence-corrected chi connectivity index (χ3v) is 4.15. The van der Waals surface area contributed by atoms with E-state index in [0.717, 1.165) is 6.54 Å². The molecule has 0 unspecified atom stereocenters. The highest BCUT2D eigenvalue weighted by molar-refractivity contribution is 5.78. The molecule has 2 fully saturated rings. The molecule has 4 heteroatoms. The summed E-state index contributed by atoms with van der Waals surface area (Å²) < 4.78 is 0. The summed E-state index contributed by atoms with van der Waals surface area (Å²) in [6, 6.07) is 1.76. The maximum atomic E-state index is 11.7. The molecule has 0 aromatic rings. The second kappa shape index (κ2) is 6.53. The normalized spacial score (nSPS) is 28.4. The summed E-state index contributed by atoms with van der Waals surface area (Å²) >= 11 is 0. The number of hydrogen-bond donors (Lipinski definition) is 2. The van der Waals surface area contributed by atoms with Crippen molar-refractivity contribution in [2.75, 3.05) is 20.1 Å². The predicted octanol–water partition coefficient (Wildman–Crippen LogP) is 1.12. The topological polar surface area (TPSA) is 44.4 Å². The van der Waals surface area contributed by atoms with E-state index in [-0.39, 0.29) is 5.91 Å². The van der Waals surface area contributed by atoms with Crippen LogP contribution in [-0.4, -0.2) is 49.1 Å². The smallest absolute Gasteiger partial charge is 0.234 e. The van der Waals surface area contributed by atoms with Crippen LogP contribution < -0.4 is 10.6 Å². The quantitative estimate of drug-likeness (QED) is 0.745. The van der Waals surface area contributed by atoms with Gasteiger partial charge in [0.2, 0.25) is 5.91 Å². The van der Waals surface area contributed by atoms with Gasteiger partial charge in [-0.15, -0.1) is 0 Å². The number of carbonyl (C=O) groups excluding carboxylic acids is 1. The predicted molar refractivity (Wildman–Crippen MR) is 73.5 cm³/mol. The lowest BCUT2D eigenvalue weighted by molar-refractivity contribution is -0.122. The molecule has 0 radical (unpaired) electrons. The highest BCUT2D eigenvalue weighted by Crippen LogP contribution is 2.22. The molecule has 2 saturated carbocycles. The van der Waals surface area contributed by atoms with E-state index >= 15 is 0 Å². The van der Waals surface area contributed by atoms with E-state index in [1.165, 1.54) is 38.5 Å². The van der Waals surface area contributed by atoms with Gasteiger partial charge < -0.3 is 10.6 Å². The third-order valence-electron chi connectivity index (χ3n) is 4.15. The van der Waals surface area contributed by atoms with Crippen molar-refractivity contribution in [3.05, 3.63) is 0 Å². The van der Waals surface area contributed by atoms with Crippen molar-refractivity contribution in [1.29, 1.82) is 0 Å². The molecule has 0 aromatic carbocycles. The Morgan fingerprint density at radius 2 is 1.72 bits per heavy atom. The van der Waals surface area contributed by atoms with E-state index in [1.54, 1.807) is 0 Å². The lowest BCUT2D eigenvalue weighted by Crippen LogP contribution is -2.44. The SMILES string of the molecule is CCNC1CCC(N(C)CC(=O)NC2CC2)CC1. The molecular formula is C14H27N3O. The molecule has 2 rings (SSSR count). The minimum Gasteiger partial charge on any atom is -0.352 e. The molecule has 0 aliphatic heterocycles. The molecule has 0 spiro atoms. The van der Waals surface area contributed by atoms with Crippen LogP contribution in [0.4, 0.5) is 0 Å². The molecule has 0 heterocycles. The number of likely N-dealkylation sites (N-methyl/N-ethyl adjacent to an activating group) is 1. The van der Waals surface area contributed by atoms with Crippen LogP contribution in [0.5, 0.6) is 0 Å². The zero-order chi connectivity index (χ0) is 13.0. The second-order valence-electron chi connectivity index (χ2n) is 5.82. The fraction of sp³-hybridized carbons (Fsp3) is 0.929. The van der Waals surface area contributed by atoms with E-state index < -0.39 is 0 Å². The van der Waals surface area contributed by atoms with Crippen molar-refractivity contribution >= 4 is 5.91 Å². The molecule has 0 bridgehead atoms. The first kappa shape index (κ1) is 13.8. The van der Waals surface area contributed by atoms with Gasteiger partial charge in [0.25, 0.3) is 0 Å². The second-order valence-corrected chi connectivity index (χ2v) is 5.82. The molecule has 1 amide bonds. The average molecular weight is 253 g/mol. The summed E-state index contributed by atoms with van der Waals surface area (Å²) in [5.74, 6) is 0.203. The van der Waals surface area contributed by atoms with Gasteiger partial charge in [0, 0.05) is 18.1 Å². The van der Waals surface area contributed by atoms with Gasteiger partial charge in [0.15, 0.2) is 0 Å². The Kier molecular flexibility index (Phi) is 5.01. The Bertz CT molecular complexity index is 270. The summed E-state index contributed by atoms with van der Waals surface area (Å²) in [6.45, 7) is 3.79. The van der Waals surface area contributed by atoms with Gasteiger partial charge >= 0.3 is 0 Å². The number of hydrogen-bond acceptors (Lipinski definition) is 3. The maximum absolute atomic E-state index is 11.7. The highest BCUT2D eigenvalue weighted by atomic mass is 16.2. The fourth-order valence-electron chi connectivity index (χ4n) is 2.87. The van der Waals surface area contributed by atoms with Crippen LogP contribution in [0.25, 0.3) is 0 Å². The molecule has 4 nitrogen and oxygen atoms in total. The van der Waals surface area contributed by atoms with Gasteiger partial charge in [0.1, 0.15) is 0 Å². The minimum absolute atomic E-state index is 0.203. The fourth-order valence-corrected chi connectivity index (χ4v) is 2.87. The molecule has 2 aliphatic carbocycles. The first-order chi connectivity index (χ1) is 8.69. The Morgan fingerprint density at radius 3 is 2.28 bits per heavy atom. The van der Waals surface area contributed by atoms with Gasteiger partial charge in [0.05, 0.1) is 6.54 Å². The van der Waals surface area contributed by atoms with E-state index in [0.29, 0.717) is 24.7 Å². The first-order valence-corrected chi connectivity index (χ1v) is 7.42. The zero-order valence-electron chi connectivity index (χ0n) is 11.7. The molecular weight excluding hydrogens is 226 g/mol.